The highest BCUT2D eigenvalue weighted by Gasteiger charge is 2.47. The summed E-state index contributed by atoms with van der Waals surface area (Å²) < 4.78 is 49.6. The molecule has 3 aromatic carbocycles. The summed E-state index contributed by atoms with van der Waals surface area (Å²) in [7, 11) is -3.76. The van der Waals surface area contributed by atoms with Crippen LogP contribution in [0.3, 0.4) is 0 Å². The summed E-state index contributed by atoms with van der Waals surface area (Å²) in [5.41, 5.74) is 2.97. The fraction of sp³-hybridized carbons (Fsp3) is 0.353. The van der Waals surface area contributed by atoms with Gasteiger partial charge in [0.25, 0.3) is 0 Å². The molecular formula is C34H37FN4O4S2. The van der Waals surface area contributed by atoms with E-state index in [4.69, 9.17) is 4.74 Å². The van der Waals surface area contributed by atoms with Crippen LogP contribution < -0.4 is 5.32 Å². The molecule has 1 spiro atoms. The Morgan fingerprint density at radius 3 is 2.40 bits per heavy atom. The number of ether oxygens (including phenoxy) is 1. The molecular weight excluding hydrogens is 612 g/mol. The predicted molar refractivity (Wildman–Crippen MR) is 174 cm³/mol. The third kappa shape index (κ3) is 7.18. The van der Waals surface area contributed by atoms with Gasteiger partial charge in [0.15, 0.2) is 5.13 Å². The van der Waals surface area contributed by atoms with Crippen molar-refractivity contribution in [3.63, 3.8) is 0 Å². The first kappa shape index (κ1) is 31.5. The zero-order valence-corrected chi connectivity index (χ0v) is 27.0. The molecule has 2 saturated heterocycles. The van der Waals surface area contributed by atoms with Gasteiger partial charge in [-0.1, -0.05) is 48.0 Å². The Bertz CT molecular complexity index is 1740. The fourth-order valence-corrected chi connectivity index (χ4v) is 8.63. The van der Waals surface area contributed by atoms with Gasteiger partial charge < -0.3 is 10.1 Å². The van der Waals surface area contributed by atoms with Crippen LogP contribution in [0, 0.1) is 19.7 Å². The van der Waals surface area contributed by atoms with Crippen molar-refractivity contribution in [1.29, 1.82) is 0 Å². The first-order valence-electron chi connectivity index (χ1n) is 15.1. The topological polar surface area (TPSA) is 91.8 Å². The molecule has 1 aromatic heterocycles. The number of morpholine rings is 1. The molecule has 1 atom stereocenters. The lowest BCUT2D eigenvalue weighted by Gasteiger charge is -2.49. The van der Waals surface area contributed by atoms with Gasteiger partial charge in [-0.05, 0) is 75.1 Å². The van der Waals surface area contributed by atoms with Crippen LogP contribution in [0.4, 0.5) is 9.52 Å². The van der Waals surface area contributed by atoms with Crippen LogP contribution in [0.15, 0.2) is 83.8 Å². The van der Waals surface area contributed by atoms with Crippen molar-refractivity contribution in [2.24, 2.45) is 0 Å². The quantitative estimate of drug-likeness (QED) is 0.265. The molecule has 0 radical (unpaired) electrons. The molecule has 45 heavy (non-hydrogen) atoms. The van der Waals surface area contributed by atoms with E-state index in [1.807, 2.05) is 56.3 Å². The van der Waals surface area contributed by atoms with Crippen molar-refractivity contribution in [3.05, 3.63) is 101 Å². The molecule has 11 heteroatoms. The Balaban J connectivity index is 1.11. The van der Waals surface area contributed by atoms with E-state index in [0.29, 0.717) is 44.1 Å². The van der Waals surface area contributed by atoms with Crippen LogP contribution in [0.2, 0.25) is 0 Å². The monoisotopic (exact) mass is 648 g/mol. The summed E-state index contributed by atoms with van der Waals surface area (Å²) in [6.45, 7) is 5.84. The van der Waals surface area contributed by atoms with E-state index < -0.39 is 15.6 Å². The highest BCUT2D eigenvalue weighted by atomic mass is 32.2. The summed E-state index contributed by atoms with van der Waals surface area (Å²) in [4.78, 5) is 20.8. The number of rotatable bonds is 8. The number of aryl methyl sites for hydroxylation is 2. The Labute approximate surface area is 267 Å². The second-order valence-corrected chi connectivity index (χ2v) is 15.0. The molecule has 3 heterocycles. The number of nitrogens with zero attached hydrogens (tertiary/aromatic N) is 3. The highest BCUT2D eigenvalue weighted by molar-refractivity contribution is 7.89. The number of sulfonamides is 1. The number of benzene rings is 3. The number of aromatic nitrogens is 1. The van der Waals surface area contributed by atoms with Gasteiger partial charge in [0.1, 0.15) is 5.82 Å². The number of nitrogens with one attached hydrogen (secondary N) is 1. The predicted octanol–water partition coefficient (Wildman–Crippen LogP) is 5.67. The number of amides is 1. The highest BCUT2D eigenvalue weighted by Crippen LogP contribution is 2.36. The number of anilines is 1. The van der Waals surface area contributed by atoms with Crippen LogP contribution in [0.5, 0.6) is 0 Å². The number of carbonyl (C=O) groups is 1. The lowest BCUT2D eigenvalue weighted by Crippen LogP contribution is -2.62. The number of hydrogen-bond acceptors (Lipinski definition) is 7. The Hall–Kier alpha value is -3.48. The van der Waals surface area contributed by atoms with Crippen LogP contribution in [0.1, 0.15) is 28.8 Å². The van der Waals surface area contributed by atoms with Gasteiger partial charge in [-0.25, -0.2) is 17.8 Å². The van der Waals surface area contributed by atoms with E-state index >= 15 is 0 Å². The lowest BCUT2D eigenvalue weighted by atomic mass is 9.88. The first-order valence-corrected chi connectivity index (χ1v) is 17.4. The maximum absolute atomic E-state index is 14.0. The Morgan fingerprint density at radius 1 is 1.02 bits per heavy atom. The summed E-state index contributed by atoms with van der Waals surface area (Å²) in [6.07, 6.45) is 1.79. The molecule has 2 aliphatic heterocycles. The molecule has 4 aromatic rings. The van der Waals surface area contributed by atoms with E-state index in [1.54, 1.807) is 28.6 Å². The number of piperidine rings is 1. The number of halogens is 1. The molecule has 1 amide bonds. The van der Waals surface area contributed by atoms with Crippen molar-refractivity contribution >= 4 is 32.4 Å². The van der Waals surface area contributed by atoms with Crippen LogP contribution in [-0.4, -0.2) is 72.9 Å². The molecule has 0 saturated carbocycles. The van der Waals surface area contributed by atoms with Crippen molar-refractivity contribution in [2.45, 2.75) is 49.6 Å². The molecule has 8 nitrogen and oxygen atoms in total. The van der Waals surface area contributed by atoms with E-state index in [1.165, 1.54) is 23.5 Å². The average molecular weight is 649 g/mol. The third-order valence-electron chi connectivity index (χ3n) is 8.67. The Kier molecular flexibility index (Phi) is 9.17. The minimum Gasteiger partial charge on any atom is -0.372 e. The van der Waals surface area contributed by atoms with E-state index in [2.05, 4.69) is 15.2 Å². The number of likely N-dealkylation sites (tertiary alicyclic amines) is 1. The SMILES string of the molecule is Cc1ccc(S(=O)(=O)N2CC3(CCN(CC(=O)Nc4nc(-c5ccc(F)cc5)c(C)s4)CC3)OC[C@H]2Cc2ccccc2)cc1. The van der Waals surface area contributed by atoms with E-state index in [0.717, 1.165) is 27.3 Å². The molecule has 0 aliphatic carbocycles. The van der Waals surface area contributed by atoms with Crippen LogP contribution in [0.25, 0.3) is 11.3 Å². The maximum atomic E-state index is 14.0. The fourth-order valence-electron chi connectivity index (χ4n) is 6.10. The van der Waals surface area contributed by atoms with Crippen molar-refractivity contribution in [1.82, 2.24) is 14.2 Å². The van der Waals surface area contributed by atoms with Gasteiger partial charge in [-0.15, -0.1) is 11.3 Å². The van der Waals surface area contributed by atoms with Gasteiger partial charge in [0, 0.05) is 30.1 Å². The van der Waals surface area contributed by atoms with Gasteiger partial charge in [-0.3, -0.25) is 9.69 Å². The standard InChI is InChI=1S/C34H37FN4O4S2/c1-24-8-14-30(15-9-24)45(41,42)39-23-34(43-22-29(39)20-26-6-4-3-5-7-26)16-18-38(19-17-34)21-31(40)36-33-37-32(25(2)44-33)27-10-12-28(35)13-11-27/h3-15,29H,16-23H2,1-2H3,(H,36,37,40)/t29-/m1/s1. The summed E-state index contributed by atoms with van der Waals surface area (Å²) in [5.74, 6) is -0.476. The second kappa shape index (κ2) is 13.1. The summed E-state index contributed by atoms with van der Waals surface area (Å²) in [6, 6.07) is 22.7. The van der Waals surface area contributed by atoms with Crippen LogP contribution in [-0.2, 0) is 26.0 Å². The molecule has 1 N–H and O–H groups in total. The average Bonchev–Trinajstić information content (AvgIpc) is 3.39. The number of hydrogen-bond donors (Lipinski definition) is 1. The molecule has 2 fully saturated rings. The maximum Gasteiger partial charge on any atom is 0.243 e. The molecule has 6 rings (SSSR count). The smallest absolute Gasteiger partial charge is 0.243 e. The van der Waals surface area contributed by atoms with Crippen molar-refractivity contribution < 1.29 is 22.3 Å². The van der Waals surface area contributed by atoms with Gasteiger partial charge >= 0.3 is 0 Å². The number of carbonyl (C=O) groups excluding carboxylic acids is 1. The molecule has 2 aliphatic rings. The van der Waals surface area contributed by atoms with E-state index in [-0.39, 0.29) is 35.8 Å². The summed E-state index contributed by atoms with van der Waals surface area (Å²) in [5, 5.41) is 3.42. The molecule has 236 valence electrons. The van der Waals surface area contributed by atoms with Gasteiger partial charge in [0.2, 0.25) is 15.9 Å². The van der Waals surface area contributed by atoms with Gasteiger partial charge in [-0.2, -0.15) is 4.31 Å². The van der Waals surface area contributed by atoms with E-state index in [9.17, 15) is 17.6 Å². The lowest BCUT2D eigenvalue weighted by molar-refractivity contribution is -0.139. The molecule has 0 bridgehead atoms. The van der Waals surface area contributed by atoms with Crippen molar-refractivity contribution in [2.75, 3.05) is 38.1 Å². The third-order valence-corrected chi connectivity index (χ3v) is 11.5. The zero-order valence-electron chi connectivity index (χ0n) is 25.4. The van der Waals surface area contributed by atoms with Crippen molar-refractivity contribution in [3.8, 4) is 11.3 Å². The second-order valence-electron chi connectivity index (χ2n) is 12.0. The Morgan fingerprint density at radius 2 is 1.71 bits per heavy atom. The minimum absolute atomic E-state index is 0.165. The zero-order chi connectivity index (χ0) is 31.6. The van der Waals surface area contributed by atoms with Gasteiger partial charge in [0.05, 0.1) is 35.4 Å². The first-order chi connectivity index (χ1) is 21.6. The minimum atomic E-state index is -3.76. The largest absolute Gasteiger partial charge is 0.372 e. The van der Waals surface area contributed by atoms with Crippen LogP contribution >= 0.6 is 11.3 Å². The summed E-state index contributed by atoms with van der Waals surface area (Å²) >= 11 is 1.39. The number of thiazole rings is 1. The molecule has 0 unspecified atom stereocenters. The normalized spacial score (nSPS) is 19.0.